The highest BCUT2D eigenvalue weighted by Gasteiger charge is 2.35. The first-order valence-corrected chi connectivity index (χ1v) is 14.2. The molecule has 0 bridgehead atoms. The first kappa shape index (κ1) is 26.3. The molecular formula is C29H22Br2N2O4S. The molecule has 6 nitrogen and oxygen atoms in total. The molecule has 0 N–H and O–H groups in total. The lowest BCUT2D eigenvalue weighted by Crippen LogP contribution is -2.39. The number of carbonyl (C=O) groups is 1. The summed E-state index contributed by atoms with van der Waals surface area (Å²) in [5.41, 5.74) is 2.97. The Morgan fingerprint density at radius 1 is 1.05 bits per heavy atom. The zero-order valence-electron chi connectivity index (χ0n) is 20.5. The summed E-state index contributed by atoms with van der Waals surface area (Å²) in [7, 11) is 1.59. The van der Waals surface area contributed by atoms with E-state index in [2.05, 4.69) is 31.9 Å². The van der Waals surface area contributed by atoms with Gasteiger partial charge in [0.05, 0.1) is 44.5 Å². The van der Waals surface area contributed by atoms with Crippen LogP contribution >= 0.6 is 43.2 Å². The Kier molecular flexibility index (Phi) is 7.78. The van der Waals surface area contributed by atoms with E-state index in [0.717, 1.165) is 25.6 Å². The SMILES string of the molecule is CCOC(=O)C1=C(c2ccccc2)N=c2s/c(=C\c3cc(Br)c(OC)c(Br)c3)c(=O)n2[C@@H]1c1ccccc1. The summed E-state index contributed by atoms with van der Waals surface area (Å²) < 4.78 is 14.5. The van der Waals surface area contributed by atoms with Gasteiger partial charge in [-0.2, -0.15) is 0 Å². The molecule has 0 saturated carbocycles. The molecule has 5 rings (SSSR count). The second-order valence-corrected chi connectivity index (χ2v) is 11.1. The van der Waals surface area contributed by atoms with E-state index in [0.29, 0.717) is 26.4 Å². The molecule has 38 heavy (non-hydrogen) atoms. The fraction of sp³-hybridized carbons (Fsp3) is 0.138. The molecule has 9 heteroatoms. The monoisotopic (exact) mass is 652 g/mol. The fourth-order valence-corrected chi connectivity index (χ4v) is 6.95. The van der Waals surface area contributed by atoms with E-state index in [1.54, 1.807) is 18.6 Å². The van der Waals surface area contributed by atoms with E-state index in [1.807, 2.05) is 78.9 Å². The van der Waals surface area contributed by atoms with Gasteiger partial charge in [-0.25, -0.2) is 9.79 Å². The predicted octanol–water partition coefficient (Wildman–Crippen LogP) is 5.47. The van der Waals surface area contributed by atoms with Crippen LogP contribution < -0.4 is 19.6 Å². The van der Waals surface area contributed by atoms with E-state index >= 15 is 0 Å². The maximum Gasteiger partial charge on any atom is 0.338 e. The van der Waals surface area contributed by atoms with Gasteiger partial charge in [-0.05, 0) is 68.1 Å². The Hall–Kier alpha value is -3.27. The minimum Gasteiger partial charge on any atom is -0.494 e. The summed E-state index contributed by atoms with van der Waals surface area (Å²) in [6.07, 6.45) is 1.82. The van der Waals surface area contributed by atoms with Crippen molar-refractivity contribution in [2.75, 3.05) is 13.7 Å². The summed E-state index contributed by atoms with van der Waals surface area (Å²) in [5, 5.41) is 0. The van der Waals surface area contributed by atoms with Crippen LogP contribution in [0.15, 0.2) is 97.1 Å². The van der Waals surface area contributed by atoms with Crippen LogP contribution in [0.2, 0.25) is 0 Å². The van der Waals surface area contributed by atoms with E-state index in [-0.39, 0.29) is 12.2 Å². The van der Waals surface area contributed by atoms with E-state index in [4.69, 9.17) is 14.5 Å². The number of benzene rings is 3. The van der Waals surface area contributed by atoms with Gasteiger partial charge in [0.1, 0.15) is 5.75 Å². The number of ether oxygens (including phenoxy) is 2. The molecule has 1 aliphatic heterocycles. The summed E-state index contributed by atoms with van der Waals surface area (Å²) in [6.45, 7) is 1.97. The molecule has 0 amide bonds. The first-order valence-electron chi connectivity index (χ1n) is 11.8. The fourth-order valence-electron chi connectivity index (χ4n) is 4.40. The van der Waals surface area contributed by atoms with Crippen molar-refractivity contribution in [3.05, 3.63) is 124 Å². The highest BCUT2D eigenvalue weighted by molar-refractivity contribution is 9.11. The number of thiazole rings is 1. The molecule has 3 aromatic carbocycles. The number of rotatable bonds is 6. The maximum absolute atomic E-state index is 13.9. The zero-order valence-corrected chi connectivity index (χ0v) is 24.5. The number of fused-ring (bicyclic) bond motifs is 1. The summed E-state index contributed by atoms with van der Waals surface area (Å²) >= 11 is 8.34. The zero-order chi connectivity index (χ0) is 26.8. The normalized spacial score (nSPS) is 15.2. The van der Waals surface area contributed by atoms with Crippen LogP contribution in [0.3, 0.4) is 0 Å². The summed E-state index contributed by atoms with van der Waals surface area (Å²) in [4.78, 5) is 32.7. The van der Waals surface area contributed by atoms with Crippen molar-refractivity contribution < 1.29 is 14.3 Å². The van der Waals surface area contributed by atoms with Crippen molar-refractivity contribution in [2.24, 2.45) is 4.99 Å². The van der Waals surface area contributed by atoms with Crippen LogP contribution in [-0.4, -0.2) is 24.3 Å². The third-order valence-corrected chi connectivity index (χ3v) is 8.17. The minimum absolute atomic E-state index is 0.206. The molecular weight excluding hydrogens is 632 g/mol. The van der Waals surface area contributed by atoms with Crippen LogP contribution in [0, 0.1) is 0 Å². The smallest absolute Gasteiger partial charge is 0.338 e. The number of halogens is 2. The van der Waals surface area contributed by atoms with Gasteiger partial charge in [0.15, 0.2) is 4.80 Å². The minimum atomic E-state index is -0.696. The second-order valence-electron chi connectivity index (χ2n) is 8.36. The molecule has 1 aromatic heterocycles. The topological polar surface area (TPSA) is 69.9 Å². The molecule has 0 spiro atoms. The Bertz CT molecular complexity index is 1700. The maximum atomic E-state index is 13.9. The number of methoxy groups -OCH3 is 1. The standard InChI is InChI=1S/C29H22Br2N2O4S/c1-3-37-28(35)23-24(18-10-6-4-7-11-18)32-29-33(25(23)19-12-8-5-9-13-19)27(34)22(38-29)16-17-14-20(30)26(36-2)21(31)15-17/h4-16,25H,3H2,1-2H3/b22-16-/t25-/m1/s1. The molecule has 0 unspecified atom stereocenters. The Balaban J connectivity index is 1.80. The number of hydrogen-bond donors (Lipinski definition) is 0. The Morgan fingerprint density at radius 2 is 1.68 bits per heavy atom. The van der Waals surface area contributed by atoms with Crippen LogP contribution in [0.25, 0.3) is 11.8 Å². The van der Waals surface area contributed by atoms with Gasteiger partial charge < -0.3 is 9.47 Å². The molecule has 1 atom stereocenters. The molecule has 0 saturated heterocycles. The predicted molar refractivity (Wildman–Crippen MR) is 156 cm³/mol. The van der Waals surface area contributed by atoms with Crippen molar-refractivity contribution >= 4 is 60.9 Å². The van der Waals surface area contributed by atoms with Crippen molar-refractivity contribution in [3.8, 4) is 5.75 Å². The van der Waals surface area contributed by atoms with Crippen LogP contribution in [-0.2, 0) is 9.53 Å². The average molecular weight is 654 g/mol. The van der Waals surface area contributed by atoms with Gasteiger partial charge in [-0.1, -0.05) is 72.0 Å². The van der Waals surface area contributed by atoms with Crippen molar-refractivity contribution in [1.29, 1.82) is 0 Å². The second kappa shape index (κ2) is 11.2. The lowest BCUT2D eigenvalue weighted by Gasteiger charge is -2.25. The molecule has 2 heterocycles. The Morgan fingerprint density at radius 3 is 2.29 bits per heavy atom. The van der Waals surface area contributed by atoms with Crippen molar-refractivity contribution in [1.82, 2.24) is 4.57 Å². The summed E-state index contributed by atoms with van der Waals surface area (Å²) in [5.74, 6) is 0.167. The number of nitrogens with zero attached hydrogens (tertiary/aromatic N) is 2. The molecule has 4 aromatic rings. The highest BCUT2D eigenvalue weighted by atomic mass is 79.9. The third kappa shape index (κ3) is 4.93. The van der Waals surface area contributed by atoms with Crippen molar-refractivity contribution in [3.63, 3.8) is 0 Å². The molecule has 0 radical (unpaired) electrons. The van der Waals surface area contributed by atoms with Crippen LogP contribution in [0.1, 0.15) is 29.7 Å². The van der Waals surface area contributed by atoms with Gasteiger partial charge in [0.2, 0.25) is 0 Å². The largest absolute Gasteiger partial charge is 0.494 e. The highest BCUT2D eigenvalue weighted by Crippen LogP contribution is 2.36. The quantitative estimate of drug-likeness (QED) is 0.259. The van der Waals surface area contributed by atoms with Gasteiger partial charge in [0, 0.05) is 5.56 Å². The molecule has 0 aliphatic carbocycles. The van der Waals surface area contributed by atoms with Crippen LogP contribution in [0.4, 0.5) is 0 Å². The molecule has 0 fully saturated rings. The van der Waals surface area contributed by atoms with E-state index in [1.165, 1.54) is 11.3 Å². The number of aromatic nitrogens is 1. The molecule has 1 aliphatic rings. The van der Waals surface area contributed by atoms with E-state index < -0.39 is 12.0 Å². The van der Waals surface area contributed by atoms with Gasteiger partial charge in [-0.3, -0.25) is 9.36 Å². The lowest BCUT2D eigenvalue weighted by atomic mass is 9.93. The van der Waals surface area contributed by atoms with Crippen LogP contribution in [0.5, 0.6) is 5.75 Å². The number of carbonyl (C=O) groups excluding carboxylic acids is 1. The van der Waals surface area contributed by atoms with Crippen molar-refractivity contribution in [2.45, 2.75) is 13.0 Å². The molecule has 192 valence electrons. The average Bonchev–Trinajstić information content (AvgIpc) is 3.23. The lowest BCUT2D eigenvalue weighted by molar-refractivity contribution is -0.138. The van der Waals surface area contributed by atoms with Gasteiger partial charge >= 0.3 is 5.97 Å². The van der Waals surface area contributed by atoms with Gasteiger partial charge in [-0.15, -0.1) is 0 Å². The number of hydrogen-bond acceptors (Lipinski definition) is 6. The summed E-state index contributed by atoms with van der Waals surface area (Å²) in [6, 6.07) is 22.1. The Labute approximate surface area is 239 Å². The first-order chi connectivity index (χ1) is 18.4. The third-order valence-electron chi connectivity index (χ3n) is 6.01. The van der Waals surface area contributed by atoms with Gasteiger partial charge in [0.25, 0.3) is 5.56 Å². The number of esters is 1. The van der Waals surface area contributed by atoms with E-state index in [9.17, 15) is 9.59 Å².